The molecule has 0 atom stereocenters. The number of hydrogen-bond acceptors (Lipinski definition) is 5. The highest BCUT2D eigenvalue weighted by molar-refractivity contribution is 5.78. The van der Waals surface area contributed by atoms with E-state index >= 15 is 0 Å². The number of amides is 1. The summed E-state index contributed by atoms with van der Waals surface area (Å²) in [7, 11) is 3.13. The van der Waals surface area contributed by atoms with E-state index in [0.717, 1.165) is 41.3 Å². The van der Waals surface area contributed by atoms with Crippen LogP contribution in [0.4, 0.5) is 0 Å². The SMILES string of the molecule is COCC(=O)NCc1nc2ccccc2n1CCCOc1cccc(OC)c1. The lowest BCUT2D eigenvalue weighted by molar-refractivity contribution is -0.124. The molecule has 7 nitrogen and oxygen atoms in total. The largest absolute Gasteiger partial charge is 0.497 e. The molecule has 0 bridgehead atoms. The van der Waals surface area contributed by atoms with Crippen LogP contribution in [0.25, 0.3) is 11.0 Å². The quantitative estimate of drug-likeness (QED) is 0.545. The van der Waals surface area contributed by atoms with Crippen molar-refractivity contribution in [1.29, 1.82) is 0 Å². The molecule has 148 valence electrons. The summed E-state index contributed by atoms with van der Waals surface area (Å²) in [6.45, 7) is 1.69. The minimum Gasteiger partial charge on any atom is -0.497 e. The van der Waals surface area contributed by atoms with Crippen molar-refractivity contribution in [2.75, 3.05) is 27.4 Å². The van der Waals surface area contributed by atoms with Gasteiger partial charge < -0.3 is 24.1 Å². The molecule has 0 aliphatic rings. The number of carbonyl (C=O) groups is 1. The molecule has 1 amide bonds. The van der Waals surface area contributed by atoms with Gasteiger partial charge in [-0.1, -0.05) is 18.2 Å². The molecule has 0 aliphatic carbocycles. The third-order valence-corrected chi connectivity index (χ3v) is 4.29. The number of hydrogen-bond donors (Lipinski definition) is 1. The number of nitrogens with one attached hydrogen (secondary N) is 1. The van der Waals surface area contributed by atoms with Crippen molar-refractivity contribution >= 4 is 16.9 Å². The second-order valence-corrected chi connectivity index (χ2v) is 6.26. The summed E-state index contributed by atoms with van der Waals surface area (Å²) < 4.78 is 18.0. The van der Waals surface area contributed by atoms with Crippen molar-refractivity contribution in [1.82, 2.24) is 14.9 Å². The van der Waals surface area contributed by atoms with E-state index in [1.807, 2.05) is 48.5 Å². The Bertz CT molecular complexity index is 923. The van der Waals surface area contributed by atoms with Crippen LogP contribution < -0.4 is 14.8 Å². The molecule has 2 aromatic carbocycles. The zero-order chi connectivity index (χ0) is 19.8. The maximum atomic E-state index is 11.7. The summed E-state index contributed by atoms with van der Waals surface area (Å²) in [4.78, 5) is 16.4. The Hall–Kier alpha value is -3.06. The molecule has 0 fully saturated rings. The van der Waals surface area contributed by atoms with E-state index in [-0.39, 0.29) is 12.5 Å². The Morgan fingerprint density at radius 2 is 1.93 bits per heavy atom. The third kappa shape index (κ3) is 5.01. The van der Waals surface area contributed by atoms with Crippen LogP contribution in [0.2, 0.25) is 0 Å². The topological polar surface area (TPSA) is 74.6 Å². The van der Waals surface area contributed by atoms with Gasteiger partial charge in [0.1, 0.15) is 23.9 Å². The average Bonchev–Trinajstić information content (AvgIpc) is 3.07. The minimum absolute atomic E-state index is 0.0363. The number of nitrogens with zero attached hydrogens (tertiary/aromatic N) is 2. The number of ether oxygens (including phenoxy) is 3. The normalized spacial score (nSPS) is 10.8. The summed E-state index contributed by atoms with van der Waals surface area (Å²) in [6, 6.07) is 15.5. The number of imidazole rings is 1. The van der Waals surface area contributed by atoms with Gasteiger partial charge >= 0.3 is 0 Å². The zero-order valence-corrected chi connectivity index (χ0v) is 16.2. The van der Waals surface area contributed by atoms with Crippen LogP contribution >= 0.6 is 0 Å². The summed E-state index contributed by atoms with van der Waals surface area (Å²) in [5, 5.41) is 2.84. The van der Waals surface area contributed by atoms with E-state index in [9.17, 15) is 4.79 Å². The van der Waals surface area contributed by atoms with Gasteiger partial charge in [-0.05, 0) is 30.7 Å². The van der Waals surface area contributed by atoms with Gasteiger partial charge in [-0.25, -0.2) is 4.98 Å². The van der Waals surface area contributed by atoms with Gasteiger partial charge in [-0.3, -0.25) is 4.79 Å². The third-order valence-electron chi connectivity index (χ3n) is 4.29. The molecule has 0 spiro atoms. The van der Waals surface area contributed by atoms with Crippen molar-refractivity contribution in [3.05, 3.63) is 54.4 Å². The molecule has 0 aliphatic heterocycles. The zero-order valence-electron chi connectivity index (χ0n) is 16.2. The lowest BCUT2D eigenvalue weighted by atomic mass is 10.3. The second-order valence-electron chi connectivity index (χ2n) is 6.26. The van der Waals surface area contributed by atoms with Crippen molar-refractivity contribution in [3.8, 4) is 11.5 Å². The highest BCUT2D eigenvalue weighted by Crippen LogP contribution is 2.20. The molecule has 1 heterocycles. The van der Waals surface area contributed by atoms with Crippen LogP contribution in [0.1, 0.15) is 12.2 Å². The van der Waals surface area contributed by atoms with Gasteiger partial charge in [0.15, 0.2) is 0 Å². The van der Waals surface area contributed by atoms with E-state index in [0.29, 0.717) is 13.2 Å². The fourth-order valence-electron chi connectivity index (χ4n) is 2.97. The van der Waals surface area contributed by atoms with Crippen LogP contribution in [0, 0.1) is 0 Å². The Labute approximate surface area is 164 Å². The van der Waals surface area contributed by atoms with Crippen LogP contribution in [-0.2, 0) is 22.6 Å². The Morgan fingerprint density at radius 1 is 1.11 bits per heavy atom. The van der Waals surface area contributed by atoms with Crippen molar-refractivity contribution in [2.24, 2.45) is 0 Å². The number of aryl methyl sites for hydroxylation is 1. The summed E-state index contributed by atoms with van der Waals surface area (Å²) in [5.74, 6) is 2.20. The van der Waals surface area contributed by atoms with E-state index in [1.165, 1.54) is 7.11 Å². The first-order valence-corrected chi connectivity index (χ1v) is 9.18. The van der Waals surface area contributed by atoms with Crippen LogP contribution in [0.15, 0.2) is 48.5 Å². The Balaban J connectivity index is 1.63. The van der Waals surface area contributed by atoms with Gasteiger partial charge in [-0.15, -0.1) is 0 Å². The molecule has 0 saturated carbocycles. The number of rotatable bonds is 10. The molecular weight excluding hydrogens is 358 g/mol. The van der Waals surface area contributed by atoms with Crippen molar-refractivity contribution in [2.45, 2.75) is 19.5 Å². The van der Waals surface area contributed by atoms with Crippen molar-refractivity contribution in [3.63, 3.8) is 0 Å². The van der Waals surface area contributed by atoms with Crippen molar-refractivity contribution < 1.29 is 19.0 Å². The lowest BCUT2D eigenvalue weighted by Gasteiger charge is -2.11. The first-order chi connectivity index (χ1) is 13.7. The predicted octanol–water partition coefficient (Wildman–Crippen LogP) is 2.78. The maximum absolute atomic E-state index is 11.7. The lowest BCUT2D eigenvalue weighted by Crippen LogP contribution is -2.28. The smallest absolute Gasteiger partial charge is 0.246 e. The number of fused-ring (bicyclic) bond motifs is 1. The number of benzene rings is 2. The first-order valence-electron chi connectivity index (χ1n) is 9.18. The monoisotopic (exact) mass is 383 g/mol. The molecule has 0 saturated heterocycles. The Morgan fingerprint density at radius 3 is 2.75 bits per heavy atom. The number of para-hydroxylation sites is 2. The fraction of sp³-hybridized carbons (Fsp3) is 0.333. The molecule has 3 rings (SSSR count). The van der Waals surface area contributed by atoms with Gasteiger partial charge in [0, 0.05) is 19.7 Å². The first kappa shape index (κ1) is 19.7. The average molecular weight is 383 g/mol. The van der Waals surface area contributed by atoms with Crippen LogP contribution in [0.5, 0.6) is 11.5 Å². The highest BCUT2D eigenvalue weighted by atomic mass is 16.5. The van der Waals surface area contributed by atoms with E-state index in [4.69, 9.17) is 14.2 Å². The highest BCUT2D eigenvalue weighted by Gasteiger charge is 2.11. The molecule has 3 aromatic rings. The Kier molecular flexibility index (Phi) is 6.86. The van der Waals surface area contributed by atoms with E-state index < -0.39 is 0 Å². The standard InChI is InChI=1S/C21H25N3O4/c1-26-15-21(25)22-14-20-23-18-9-3-4-10-19(18)24(20)11-6-12-28-17-8-5-7-16(13-17)27-2/h3-5,7-10,13H,6,11-12,14-15H2,1-2H3,(H,22,25). The summed E-state index contributed by atoms with van der Waals surface area (Å²) >= 11 is 0. The molecule has 1 N–H and O–H groups in total. The molecular formula is C21H25N3O4. The second kappa shape index (κ2) is 9.75. The summed E-state index contributed by atoms with van der Waals surface area (Å²) in [5.41, 5.74) is 1.95. The molecule has 7 heteroatoms. The molecule has 0 radical (unpaired) electrons. The van der Waals surface area contributed by atoms with E-state index in [2.05, 4.69) is 14.9 Å². The predicted molar refractivity (Wildman–Crippen MR) is 107 cm³/mol. The number of aromatic nitrogens is 2. The van der Waals surface area contributed by atoms with E-state index in [1.54, 1.807) is 7.11 Å². The minimum atomic E-state index is -0.164. The van der Waals surface area contributed by atoms with Crippen LogP contribution in [-0.4, -0.2) is 42.9 Å². The maximum Gasteiger partial charge on any atom is 0.246 e. The van der Waals surface area contributed by atoms with Gasteiger partial charge in [0.05, 0.1) is 31.3 Å². The molecule has 0 unspecified atom stereocenters. The molecule has 1 aromatic heterocycles. The van der Waals surface area contributed by atoms with Gasteiger partial charge in [0.25, 0.3) is 0 Å². The summed E-state index contributed by atoms with van der Waals surface area (Å²) in [6.07, 6.45) is 0.802. The van der Waals surface area contributed by atoms with Gasteiger partial charge in [-0.2, -0.15) is 0 Å². The number of methoxy groups -OCH3 is 2. The number of carbonyl (C=O) groups excluding carboxylic acids is 1. The fourth-order valence-corrected chi connectivity index (χ4v) is 2.97. The van der Waals surface area contributed by atoms with Crippen LogP contribution in [0.3, 0.4) is 0 Å². The van der Waals surface area contributed by atoms with Gasteiger partial charge in [0.2, 0.25) is 5.91 Å². The molecule has 28 heavy (non-hydrogen) atoms.